The Morgan fingerprint density at radius 3 is 2.72 bits per heavy atom. The lowest BCUT2D eigenvalue weighted by atomic mass is 10.1. The van der Waals surface area contributed by atoms with Crippen LogP contribution in [0, 0.1) is 22.5 Å². The van der Waals surface area contributed by atoms with Crippen LogP contribution in [-0.2, 0) is 4.79 Å². The number of carbonyl (C=O) groups is 1. The van der Waals surface area contributed by atoms with Gasteiger partial charge in [-0.15, -0.1) is 0 Å². The molecular weight excluding hydrogens is 234 g/mol. The van der Waals surface area contributed by atoms with Gasteiger partial charge in [0.05, 0.1) is 10.3 Å². The maximum atomic E-state index is 12.0. The van der Waals surface area contributed by atoms with Gasteiger partial charge in [-0.25, -0.2) is 0 Å². The summed E-state index contributed by atoms with van der Waals surface area (Å²) < 4.78 is 0. The highest BCUT2D eigenvalue weighted by Gasteiger charge is 2.48. The van der Waals surface area contributed by atoms with Crippen LogP contribution in [0.1, 0.15) is 18.4 Å². The molecule has 1 fully saturated rings. The van der Waals surface area contributed by atoms with E-state index in [-0.39, 0.29) is 23.8 Å². The normalized spacial score (nSPS) is 16.1. The van der Waals surface area contributed by atoms with Crippen LogP contribution in [0.15, 0.2) is 18.2 Å². The van der Waals surface area contributed by atoms with Gasteiger partial charge in [-0.2, -0.15) is 0 Å². The summed E-state index contributed by atoms with van der Waals surface area (Å²) in [6, 6.07) is 4.64. The monoisotopic (exact) mass is 249 g/mol. The quantitative estimate of drug-likeness (QED) is 0.625. The zero-order valence-electron chi connectivity index (χ0n) is 10.1. The molecule has 1 aliphatic carbocycles. The lowest BCUT2D eigenvalue weighted by molar-refractivity contribution is -0.383. The van der Waals surface area contributed by atoms with E-state index in [9.17, 15) is 14.9 Å². The molecule has 1 amide bonds. The van der Waals surface area contributed by atoms with Crippen LogP contribution in [0.4, 0.5) is 11.4 Å². The highest BCUT2D eigenvalue weighted by atomic mass is 16.6. The molecule has 6 heteroatoms. The molecule has 1 saturated carbocycles. The molecule has 0 saturated heterocycles. The van der Waals surface area contributed by atoms with E-state index in [1.54, 1.807) is 12.1 Å². The number of rotatable bonds is 4. The van der Waals surface area contributed by atoms with Gasteiger partial charge in [0.2, 0.25) is 5.91 Å². The summed E-state index contributed by atoms with van der Waals surface area (Å²) in [4.78, 5) is 22.4. The molecular formula is C12H15N3O3. The minimum absolute atomic E-state index is 0.0956. The van der Waals surface area contributed by atoms with Crippen molar-refractivity contribution in [1.82, 2.24) is 0 Å². The lowest BCUT2D eigenvalue weighted by Gasteiger charge is -2.13. The number of hydrogen-bond acceptors (Lipinski definition) is 4. The molecule has 1 aromatic rings. The van der Waals surface area contributed by atoms with Crippen molar-refractivity contribution in [1.29, 1.82) is 0 Å². The summed E-state index contributed by atoms with van der Waals surface area (Å²) in [6.45, 7) is 2.09. The molecule has 0 aliphatic heterocycles. The second-order valence-electron chi connectivity index (χ2n) is 4.72. The average molecular weight is 249 g/mol. The highest BCUT2D eigenvalue weighted by molar-refractivity contribution is 5.99. The van der Waals surface area contributed by atoms with Crippen molar-refractivity contribution in [2.75, 3.05) is 11.9 Å². The fourth-order valence-corrected chi connectivity index (χ4v) is 1.84. The Hall–Kier alpha value is -1.95. The zero-order chi connectivity index (χ0) is 13.3. The topological polar surface area (TPSA) is 98.3 Å². The van der Waals surface area contributed by atoms with Crippen molar-refractivity contribution in [3.05, 3.63) is 33.9 Å². The molecule has 0 bridgehead atoms. The lowest BCUT2D eigenvalue weighted by Crippen LogP contribution is -2.31. The zero-order valence-corrected chi connectivity index (χ0v) is 10.1. The summed E-state index contributed by atoms with van der Waals surface area (Å²) >= 11 is 0. The maximum Gasteiger partial charge on any atom is 0.292 e. The first-order valence-corrected chi connectivity index (χ1v) is 5.75. The van der Waals surface area contributed by atoms with Crippen molar-refractivity contribution in [2.45, 2.75) is 19.8 Å². The number of nitrogens with one attached hydrogen (secondary N) is 1. The van der Waals surface area contributed by atoms with Gasteiger partial charge in [0.15, 0.2) is 0 Å². The van der Waals surface area contributed by atoms with Crippen LogP contribution in [0.2, 0.25) is 0 Å². The summed E-state index contributed by atoms with van der Waals surface area (Å²) in [5.74, 6) is -0.223. The van der Waals surface area contributed by atoms with Crippen LogP contribution in [0.25, 0.3) is 0 Å². The van der Waals surface area contributed by atoms with Crippen molar-refractivity contribution < 1.29 is 9.72 Å². The first-order valence-electron chi connectivity index (χ1n) is 5.75. The molecule has 0 spiro atoms. The van der Waals surface area contributed by atoms with Crippen LogP contribution in [0.5, 0.6) is 0 Å². The number of nitrogens with zero attached hydrogens (tertiary/aromatic N) is 1. The van der Waals surface area contributed by atoms with E-state index in [0.717, 1.165) is 18.4 Å². The Bertz CT molecular complexity index is 509. The molecule has 6 nitrogen and oxygen atoms in total. The Balaban J connectivity index is 2.25. The van der Waals surface area contributed by atoms with E-state index >= 15 is 0 Å². The molecule has 18 heavy (non-hydrogen) atoms. The smallest absolute Gasteiger partial charge is 0.292 e. The summed E-state index contributed by atoms with van der Waals surface area (Å²) in [6.07, 6.45) is 1.49. The fraction of sp³-hybridized carbons (Fsp3) is 0.417. The van der Waals surface area contributed by atoms with Crippen LogP contribution in [0.3, 0.4) is 0 Å². The van der Waals surface area contributed by atoms with Gasteiger partial charge in [-0.05, 0) is 31.4 Å². The SMILES string of the molecule is Cc1ccc([N+](=O)[O-])c(NC(=O)C2(CN)CC2)c1. The van der Waals surface area contributed by atoms with E-state index in [0.29, 0.717) is 0 Å². The average Bonchev–Trinajstić information content (AvgIpc) is 3.09. The Morgan fingerprint density at radius 2 is 2.22 bits per heavy atom. The van der Waals surface area contributed by atoms with Gasteiger partial charge < -0.3 is 11.1 Å². The van der Waals surface area contributed by atoms with E-state index in [1.807, 2.05) is 6.92 Å². The molecule has 0 unspecified atom stereocenters. The first-order chi connectivity index (χ1) is 8.48. The van der Waals surface area contributed by atoms with E-state index in [2.05, 4.69) is 5.32 Å². The van der Waals surface area contributed by atoms with Crippen molar-refractivity contribution >= 4 is 17.3 Å². The molecule has 0 heterocycles. The third kappa shape index (κ3) is 2.19. The fourth-order valence-electron chi connectivity index (χ4n) is 1.84. The Kier molecular flexibility index (Phi) is 3.04. The summed E-state index contributed by atoms with van der Waals surface area (Å²) in [7, 11) is 0. The van der Waals surface area contributed by atoms with Gasteiger partial charge in [0.1, 0.15) is 5.69 Å². The van der Waals surface area contributed by atoms with Crippen molar-refractivity contribution in [3.63, 3.8) is 0 Å². The van der Waals surface area contributed by atoms with E-state index in [4.69, 9.17) is 5.73 Å². The number of carbonyl (C=O) groups excluding carboxylic acids is 1. The minimum Gasteiger partial charge on any atom is -0.329 e. The third-order valence-corrected chi connectivity index (χ3v) is 3.32. The Morgan fingerprint density at radius 1 is 1.56 bits per heavy atom. The molecule has 2 rings (SSSR count). The molecule has 0 radical (unpaired) electrons. The number of nitro groups is 1. The predicted molar refractivity (Wildman–Crippen MR) is 67.2 cm³/mol. The minimum atomic E-state index is -0.516. The molecule has 3 N–H and O–H groups in total. The highest BCUT2D eigenvalue weighted by Crippen LogP contribution is 2.45. The first kappa shape index (κ1) is 12.5. The predicted octanol–water partition coefficient (Wildman–Crippen LogP) is 1.58. The number of aryl methyl sites for hydroxylation is 1. The number of nitro benzene ring substituents is 1. The molecule has 1 aromatic carbocycles. The van der Waals surface area contributed by atoms with Crippen molar-refractivity contribution in [3.8, 4) is 0 Å². The molecule has 0 aromatic heterocycles. The van der Waals surface area contributed by atoms with Gasteiger partial charge in [-0.1, -0.05) is 6.07 Å². The van der Waals surface area contributed by atoms with Crippen LogP contribution < -0.4 is 11.1 Å². The van der Waals surface area contributed by atoms with Crippen LogP contribution >= 0.6 is 0 Å². The summed E-state index contributed by atoms with van der Waals surface area (Å²) in [5, 5.41) is 13.5. The standard InChI is InChI=1S/C12H15N3O3/c1-8-2-3-10(15(17)18)9(6-8)14-11(16)12(7-13)4-5-12/h2-3,6H,4-5,7,13H2,1H3,(H,14,16). The van der Waals surface area contributed by atoms with Gasteiger partial charge in [0.25, 0.3) is 5.69 Å². The van der Waals surface area contributed by atoms with Gasteiger partial charge >= 0.3 is 0 Å². The van der Waals surface area contributed by atoms with Crippen molar-refractivity contribution in [2.24, 2.45) is 11.1 Å². The summed E-state index contributed by atoms with van der Waals surface area (Å²) in [5.41, 5.74) is 6.04. The largest absolute Gasteiger partial charge is 0.329 e. The maximum absolute atomic E-state index is 12.0. The number of hydrogen-bond donors (Lipinski definition) is 2. The number of nitrogens with two attached hydrogens (primary N) is 1. The second-order valence-corrected chi connectivity index (χ2v) is 4.72. The van der Waals surface area contributed by atoms with E-state index in [1.165, 1.54) is 6.07 Å². The molecule has 0 atom stereocenters. The number of benzene rings is 1. The second kappa shape index (κ2) is 4.38. The molecule has 96 valence electrons. The van der Waals surface area contributed by atoms with Crippen LogP contribution in [-0.4, -0.2) is 17.4 Å². The molecule has 1 aliphatic rings. The number of anilines is 1. The van der Waals surface area contributed by atoms with Gasteiger partial charge in [-0.3, -0.25) is 14.9 Å². The Labute approximate surface area is 104 Å². The number of amides is 1. The van der Waals surface area contributed by atoms with E-state index < -0.39 is 10.3 Å². The van der Waals surface area contributed by atoms with Gasteiger partial charge in [0, 0.05) is 12.6 Å². The third-order valence-electron chi connectivity index (χ3n) is 3.32.